The summed E-state index contributed by atoms with van der Waals surface area (Å²) in [6.07, 6.45) is 1.79. The zero-order chi connectivity index (χ0) is 17.0. The number of rotatable bonds is 4. The second-order valence-corrected chi connectivity index (χ2v) is 8.08. The quantitative estimate of drug-likeness (QED) is 0.724. The van der Waals surface area contributed by atoms with Gasteiger partial charge in [0.1, 0.15) is 6.07 Å². The highest BCUT2D eigenvalue weighted by atomic mass is 79.9. The highest BCUT2D eigenvalue weighted by Gasteiger charge is 2.27. The number of piperidine rings is 1. The van der Waals surface area contributed by atoms with E-state index in [-0.39, 0.29) is 10.5 Å². The minimum Gasteiger partial charge on any atom is -0.444 e. The standard InChI is InChI=1S/C15H17BrN2O4S/c1-11(10-17)22-15(19)13-9-12(5-6-14(13)16)23(20,21)18-7-3-2-4-8-18/h5-6,9,11H,2-4,7-8H2,1H3/t11-/m1/s1. The molecular formula is C15H17BrN2O4S. The molecule has 0 aromatic heterocycles. The molecule has 1 aromatic carbocycles. The SMILES string of the molecule is C[C@H](C#N)OC(=O)c1cc(S(=O)(=O)N2CCCCC2)ccc1Br. The van der Waals surface area contributed by atoms with Crippen molar-refractivity contribution in [1.82, 2.24) is 4.31 Å². The second-order valence-electron chi connectivity index (χ2n) is 5.28. The first-order valence-corrected chi connectivity index (χ1v) is 9.50. The van der Waals surface area contributed by atoms with Crippen molar-refractivity contribution in [1.29, 1.82) is 5.26 Å². The highest BCUT2D eigenvalue weighted by Crippen LogP contribution is 2.26. The van der Waals surface area contributed by atoms with E-state index in [9.17, 15) is 13.2 Å². The third kappa shape index (κ3) is 4.10. The van der Waals surface area contributed by atoms with Crippen molar-refractivity contribution in [2.75, 3.05) is 13.1 Å². The van der Waals surface area contributed by atoms with Crippen molar-refractivity contribution >= 4 is 31.9 Å². The molecule has 6 nitrogen and oxygen atoms in total. The van der Waals surface area contributed by atoms with Gasteiger partial charge in [0, 0.05) is 17.6 Å². The summed E-state index contributed by atoms with van der Waals surface area (Å²) in [6.45, 7) is 2.42. The molecule has 1 fully saturated rings. The van der Waals surface area contributed by atoms with Gasteiger partial charge < -0.3 is 4.74 Å². The van der Waals surface area contributed by atoms with E-state index in [2.05, 4.69) is 15.9 Å². The van der Waals surface area contributed by atoms with Gasteiger partial charge in [0.15, 0.2) is 6.10 Å². The number of carbonyl (C=O) groups is 1. The molecule has 8 heteroatoms. The molecule has 1 aliphatic heterocycles. The number of hydrogen-bond donors (Lipinski definition) is 0. The van der Waals surface area contributed by atoms with Crippen molar-refractivity contribution < 1.29 is 17.9 Å². The third-order valence-corrected chi connectivity index (χ3v) is 6.16. The number of esters is 1. The van der Waals surface area contributed by atoms with Gasteiger partial charge in [0.2, 0.25) is 10.0 Å². The summed E-state index contributed by atoms with van der Waals surface area (Å²) in [4.78, 5) is 12.1. The first-order valence-electron chi connectivity index (χ1n) is 7.26. The van der Waals surface area contributed by atoms with Gasteiger partial charge in [0.25, 0.3) is 0 Å². The molecular weight excluding hydrogens is 384 g/mol. The molecule has 0 N–H and O–H groups in total. The molecule has 23 heavy (non-hydrogen) atoms. The Hall–Kier alpha value is -1.43. The molecule has 0 amide bonds. The van der Waals surface area contributed by atoms with Crippen LogP contribution >= 0.6 is 15.9 Å². The molecule has 2 rings (SSSR count). The van der Waals surface area contributed by atoms with E-state index >= 15 is 0 Å². The Bertz CT molecular complexity index is 736. The molecule has 124 valence electrons. The lowest BCUT2D eigenvalue weighted by molar-refractivity contribution is 0.0434. The smallest absolute Gasteiger partial charge is 0.340 e. The van der Waals surface area contributed by atoms with Crippen LogP contribution in [0.2, 0.25) is 0 Å². The first-order chi connectivity index (χ1) is 10.9. The maximum Gasteiger partial charge on any atom is 0.340 e. The summed E-state index contributed by atoms with van der Waals surface area (Å²) in [5.74, 6) is -0.735. The van der Waals surface area contributed by atoms with Crippen molar-refractivity contribution in [3.63, 3.8) is 0 Å². The molecule has 0 saturated carbocycles. The zero-order valence-electron chi connectivity index (χ0n) is 12.7. The van der Waals surface area contributed by atoms with Gasteiger partial charge in [-0.15, -0.1) is 0 Å². The second kappa shape index (κ2) is 7.43. The fourth-order valence-corrected chi connectivity index (χ4v) is 4.28. The molecule has 1 aromatic rings. The van der Waals surface area contributed by atoms with Gasteiger partial charge in [-0.2, -0.15) is 9.57 Å². The molecule has 1 atom stereocenters. The normalized spacial score (nSPS) is 17.3. The van der Waals surface area contributed by atoms with Crippen molar-refractivity contribution in [3.8, 4) is 6.07 Å². The number of halogens is 1. The fraction of sp³-hybridized carbons (Fsp3) is 0.467. The molecule has 0 bridgehead atoms. The van der Waals surface area contributed by atoms with E-state index in [0.29, 0.717) is 17.6 Å². The van der Waals surface area contributed by atoms with E-state index in [1.165, 1.54) is 29.4 Å². The first kappa shape index (κ1) is 17.9. The Morgan fingerprint density at radius 2 is 2.00 bits per heavy atom. The number of nitrogens with zero attached hydrogens (tertiary/aromatic N) is 2. The maximum absolute atomic E-state index is 12.7. The molecule has 0 unspecified atom stereocenters. The van der Waals surface area contributed by atoms with E-state index in [0.717, 1.165) is 19.3 Å². The van der Waals surface area contributed by atoms with Crippen LogP contribution in [-0.2, 0) is 14.8 Å². The van der Waals surface area contributed by atoms with Crippen LogP contribution in [0.3, 0.4) is 0 Å². The van der Waals surface area contributed by atoms with Crippen molar-refractivity contribution in [2.45, 2.75) is 37.2 Å². The van der Waals surface area contributed by atoms with Crippen LogP contribution in [0.4, 0.5) is 0 Å². The highest BCUT2D eigenvalue weighted by molar-refractivity contribution is 9.10. The minimum atomic E-state index is -3.63. The predicted octanol–water partition coefficient (Wildman–Crippen LogP) is 2.69. The summed E-state index contributed by atoms with van der Waals surface area (Å²) in [7, 11) is -3.63. The minimum absolute atomic E-state index is 0.0548. The number of ether oxygens (including phenoxy) is 1. The molecule has 1 saturated heterocycles. The van der Waals surface area contributed by atoms with E-state index in [1.807, 2.05) is 0 Å². The van der Waals surface area contributed by atoms with E-state index in [4.69, 9.17) is 10.00 Å². The summed E-state index contributed by atoms with van der Waals surface area (Å²) < 4.78 is 32.1. The van der Waals surface area contributed by atoms with Crippen molar-refractivity contribution in [2.24, 2.45) is 0 Å². The Morgan fingerprint density at radius 1 is 1.35 bits per heavy atom. The monoisotopic (exact) mass is 400 g/mol. The van der Waals surface area contributed by atoms with Gasteiger partial charge in [-0.1, -0.05) is 6.42 Å². The lowest BCUT2D eigenvalue weighted by Gasteiger charge is -2.26. The van der Waals surface area contributed by atoms with Crippen LogP contribution in [0.25, 0.3) is 0 Å². The molecule has 1 heterocycles. The Labute approximate surface area is 144 Å². The van der Waals surface area contributed by atoms with Crippen LogP contribution in [0.1, 0.15) is 36.5 Å². The largest absolute Gasteiger partial charge is 0.444 e. The van der Waals surface area contributed by atoms with Gasteiger partial charge in [-0.3, -0.25) is 0 Å². The molecule has 0 aliphatic carbocycles. The van der Waals surface area contributed by atoms with Crippen LogP contribution < -0.4 is 0 Å². The molecule has 1 aliphatic rings. The Balaban J connectivity index is 2.33. The maximum atomic E-state index is 12.7. The van der Waals surface area contributed by atoms with Crippen LogP contribution in [0.15, 0.2) is 27.6 Å². The van der Waals surface area contributed by atoms with Crippen LogP contribution in [0, 0.1) is 11.3 Å². The third-order valence-electron chi connectivity index (χ3n) is 3.58. The number of hydrogen-bond acceptors (Lipinski definition) is 5. The number of sulfonamides is 1. The lowest BCUT2D eigenvalue weighted by Crippen LogP contribution is -2.35. The van der Waals surface area contributed by atoms with E-state index < -0.39 is 22.1 Å². The van der Waals surface area contributed by atoms with Crippen molar-refractivity contribution in [3.05, 3.63) is 28.2 Å². The summed E-state index contributed by atoms with van der Waals surface area (Å²) in [6, 6.07) is 6.05. The Morgan fingerprint density at radius 3 is 2.61 bits per heavy atom. The number of nitriles is 1. The molecule has 0 spiro atoms. The van der Waals surface area contributed by atoms with Crippen LogP contribution in [0.5, 0.6) is 0 Å². The van der Waals surface area contributed by atoms with E-state index in [1.54, 1.807) is 6.07 Å². The predicted molar refractivity (Wildman–Crippen MR) is 87.2 cm³/mol. The zero-order valence-corrected chi connectivity index (χ0v) is 15.1. The van der Waals surface area contributed by atoms with Gasteiger partial charge >= 0.3 is 5.97 Å². The van der Waals surface area contributed by atoms with Gasteiger partial charge in [-0.25, -0.2) is 13.2 Å². The Kier molecular flexibility index (Phi) is 5.79. The van der Waals surface area contributed by atoms with Crippen LogP contribution in [-0.4, -0.2) is 37.9 Å². The summed E-state index contributed by atoms with van der Waals surface area (Å²) in [5.41, 5.74) is 0.0881. The van der Waals surface area contributed by atoms with Gasteiger partial charge in [-0.05, 0) is 53.9 Å². The fourth-order valence-electron chi connectivity index (χ4n) is 2.33. The summed E-state index contributed by atoms with van der Waals surface area (Å²) in [5, 5.41) is 8.71. The average molecular weight is 401 g/mol. The summed E-state index contributed by atoms with van der Waals surface area (Å²) >= 11 is 3.21. The average Bonchev–Trinajstić information content (AvgIpc) is 2.55. The number of carbonyl (C=O) groups excluding carboxylic acids is 1. The topological polar surface area (TPSA) is 87.5 Å². The van der Waals surface area contributed by atoms with Gasteiger partial charge in [0.05, 0.1) is 10.5 Å². The molecule has 0 radical (unpaired) electrons. The number of benzene rings is 1. The lowest BCUT2D eigenvalue weighted by atomic mass is 10.2.